The Morgan fingerprint density at radius 3 is 2.37 bits per heavy atom. The zero-order valence-electron chi connectivity index (χ0n) is 15.2. The Morgan fingerprint density at radius 1 is 1.11 bits per heavy atom. The summed E-state index contributed by atoms with van der Waals surface area (Å²) < 4.78 is 5.40. The highest BCUT2D eigenvalue weighted by atomic mass is 16.5. The highest BCUT2D eigenvalue weighted by Crippen LogP contribution is 2.15. The number of benzene rings is 2. The molecular weight excluding hydrogens is 342 g/mol. The van der Waals surface area contributed by atoms with Gasteiger partial charge in [-0.1, -0.05) is 30.3 Å². The van der Waals surface area contributed by atoms with E-state index in [4.69, 9.17) is 4.74 Å². The first kappa shape index (κ1) is 19.7. The van der Waals surface area contributed by atoms with Crippen LogP contribution in [0.25, 0.3) is 6.08 Å². The fourth-order valence-electron chi connectivity index (χ4n) is 2.21. The fraction of sp³-hybridized carbons (Fsp3) is 0.190. The van der Waals surface area contributed by atoms with Crippen LogP contribution < -0.4 is 15.4 Å². The van der Waals surface area contributed by atoms with Gasteiger partial charge < -0.3 is 15.4 Å². The summed E-state index contributed by atoms with van der Waals surface area (Å²) in [5.74, 6) is -0.147. The van der Waals surface area contributed by atoms with Crippen molar-refractivity contribution in [1.82, 2.24) is 5.32 Å². The molecule has 0 aliphatic rings. The maximum atomic E-state index is 12.2. The topological polar surface area (TPSA) is 91.2 Å². The van der Waals surface area contributed by atoms with Crippen molar-refractivity contribution >= 4 is 23.6 Å². The summed E-state index contributed by atoms with van der Waals surface area (Å²) in [6.07, 6.45) is 1.49. The third-order valence-corrected chi connectivity index (χ3v) is 3.41. The normalized spacial score (nSPS) is 10.8. The van der Waals surface area contributed by atoms with Gasteiger partial charge in [0.15, 0.2) is 6.61 Å². The lowest BCUT2D eigenvalue weighted by molar-refractivity contribution is -0.123. The number of nitriles is 1. The molecule has 27 heavy (non-hydrogen) atoms. The Morgan fingerprint density at radius 2 is 1.78 bits per heavy atom. The van der Waals surface area contributed by atoms with Crippen LogP contribution in [0, 0.1) is 11.3 Å². The molecular formula is C21H21N3O3. The van der Waals surface area contributed by atoms with Crippen LogP contribution >= 0.6 is 0 Å². The Kier molecular flexibility index (Phi) is 7.15. The van der Waals surface area contributed by atoms with Crippen molar-refractivity contribution in [2.75, 3.05) is 11.9 Å². The maximum absolute atomic E-state index is 12.2. The number of para-hydroxylation sites is 1. The number of hydrogen-bond donors (Lipinski definition) is 2. The third-order valence-electron chi connectivity index (χ3n) is 3.41. The van der Waals surface area contributed by atoms with E-state index in [0.29, 0.717) is 17.0 Å². The number of amides is 2. The number of rotatable bonds is 7. The van der Waals surface area contributed by atoms with Crippen molar-refractivity contribution in [1.29, 1.82) is 5.26 Å². The number of carbonyl (C=O) groups is 2. The molecule has 0 bridgehead atoms. The maximum Gasteiger partial charge on any atom is 0.266 e. The third kappa shape index (κ3) is 6.67. The molecule has 2 aromatic rings. The molecule has 6 heteroatoms. The van der Waals surface area contributed by atoms with E-state index < -0.39 is 5.91 Å². The lowest BCUT2D eigenvalue weighted by Gasteiger charge is -2.09. The van der Waals surface area contributed by atoms with Gasteiger partial charge in [0.05, 0.1) is 0 Å². The summed E-state index contributed by atoms with van der Waals surface area (Å²) in [7, 11) is 0. The molecule has 0 atom stereocenters. The molecule has 2 rings (SSSR count). The molecule has 0 saturated heterocycles. The van der Waals surface area contributed by atoms with Crippen molar-refractivity contribution in [3.05, 3.63) is 65.7 Å². The Labute approximate surface area is 158 Å². The van der Waals surface area contributed by atoms with Crippen LogP contribution in [0.1, 0.15) is 19.4 Å². The second-order valence-electron chi connectivity index (χ2n) is 6.07. The minimum atomic E-state index is -0.477. The van der Waals surface area contributed by atoms with Crippen LogP contribution in [0.5, 0.6) is 5.75 Å². The highest BCUT2D eigenvalue weighted by Gasteiger charge is 2.09. The predicted octanol–water partition coefficient (Wildman–Crippen LogP) is 3.14. The van der Waals surface area contributed by atoms with E-state index in [2.05, 4.69) is 10.6 Å². The van der Waals surface area contributed by atoms with Crippen molar-refractivity contribution in [3.63, 3.8) is 0 Å². The Balaban J connectivity index is 1.99. The smallest absolute Gasteiger partial charge is 0.266 e. The molecule has 0 heterocycles. The van der Waals surface area contributed by atoms with E-state index in [9.17, 15) is 14.9 Å². The largest absolute Gasteiger partial charge is 0.484 e. The average molecular weight is 363 g/mol. The summed E-state index contributed by atoms with van der Waals surface area (Å²) >= 11 is 0. The molecule has 0 radical (unpaired) electrons. The molecule has 0 fully saturated rings. The van der Waals surface area contributed by atoms with E-state index in [1.807, 2.05) is 26.0 Å². The highest BCUT2D eigenvalue weighted by molar-refractivity contribution is 6.09. The van der Waals surface area contributed by atoms with Crippen molar-refractivity contribution in [3.8, 4) is 11.8 Å². The summed E-state index contributed by atoms with van der Waals surface area (Å²) in [4.78, 5) is 23.8. The van der Waals surface area contributed by atoms with E-state index >= 15 is 0 Å². The van der Waals surface area contributed by atoms with Crippen LogP contribution in [0.4, 0.5) is 5.69 Å². The first-order valence-electron chi connectivity index (χ1n) is 8.48. The van der Waals surface area contributed by atoms with Gasteiger partial charge >= 0.3 is 0 Å². The van der Waals surface area contributed by atoms with Gasteiger partial charge in [-0.25, -0.2) is 0 Å². The summed E-state index contributed by atoms with van der Waals surface area (Å²) in [5.41, 5.74) is 1.28. The second-order valence-corrected chi connectivity index (χ2v) is 6.07. The van der Waals surface area contributed by atoms with Gasteiger partial charge in [-0.05, 0) is 49.8 Å². The lowest BCUT2D eigenvalue weighted by atomic mass is 10.1. The van der Waals surface area contributed by atoms with Crippen LogP contribution in [0.15, 0.2) is 60.2 Å². The van der Waals surface area contributed by atoms with Crippen molar-refractivity contribution < 1.29 is 14.3 Å². The number of carbonyl (C=O) groups excluding carboxylic acids is 2. The standard InChI is InChI=1S/C21H21N3O3/c1-15(2)23-20(25)14-27-19-10-8-16(9-11-19)12-17(13-22)21(26)24-18-6-4-3-5-7-18/h3-12,15H,14H2,1-2H3,(H,23,25)(H,24,26)/b17-12+. The minimum Gasteiger partial charge on any atom is -0.484 e. The van der Waals surface area contributed by atoms with E-state index in [-0.39, 0.29) is 24.1 Å². The van der Waals surface area contributed by atoms with Crippen molar-refractivity contribution in [2.24, 2.45) is 0 Å². The zero-order chi connectivity index (χ0) is 19.6. The van der Waals surface area contributed by atoms with Gasteiger partial charge in [0.1, 0.15) is 17.4 Å². The zero-order valence-corrected chi connectivity index (χ0v) is 15.2. The molecule has 0 aliphatic heterocycles. The molecule has 0 unspecified atom stereocenters. The molecule has 0 spiro atoms. The number of nitrogens with one attached hydrogen (secondary N) is 2. The number of nitrogens with zero attached hydrogens (tertiary/aromatic N) is 1. The van der Waals surface area contributed by atoms with E-state index in [1.54, 1.807) is 48.5 Å². The van der Waals surface area contributed by atoms with Gasteiger partial charge in [0.25, 0.3) is 11.8 Å². The predicted molar refractivity (Wildman–Crippen MR) is 104 cm³/mol. The van der Waals surface area contributed by atoms with E-state index in [1.165, 1.54) is 6.08 Å². The second kappa shape index (κ2) is 9.78. The number of anilines is 1. The van der Waals surface area contributed by atoms with Crippen LogP contribution in [-0.4, -0.2) is 24.5 Å². The number of hydrogen-bond acceptors (Lipinski definition) is 4. The molecule has 0 saturated carbocycles. The van der Waals surface area contributed by atoms with Crippen LogP contribution in [-0.2, 0) is 9.59 Å². The molecule has 2 aromatic carbocycles. The average Bonchev–Trinajstić information content (AvgIpc) is 2.65. The van der Waals surface area contributed by atoms with Gasteiger partial charge in [-0.2, -0.15) is 5.26 Å². The SMILES string of the molecule is CC(C)NC(=O)COc1ccc(/C=C(\C#N)C(=O)Nc2ccccc2)cc1. The quantitative estimate of drug-likeness (QED) is 0.584. The first-order chi connectivity index (χ1) is 13.0. The molecule has 0 aromatic heterocycles. The minimum absolute atomic E-state index is 0.0103. The first-order valence-corrected chi connectivity index (χ1v) is 8.48. The molecule has 138 valence electrons. The molecule has 2 N–H and O–H groups in total. The van der Waals surface area contributed by atoms with Crippen LogP contribution in [0.2, 0.25) is 0 Å². The summed E-state index contributed by atoms with van der Waals surface area (Å²) in [6.45, 7) is 3.68. The fourth-order valence-corrected chi connectivity index (χ4v) is 2.21. The molecule has 2 amide bonds. The number of ether oxygens (including phenoxy) is 1. The monoisotopic (exact) mass is 363 g/mol. The van der Waals surface area contributed by atoms with Gasteiger partial charge in [0, 0.05) is 11.7 Å². The van der Waals surface area contributed by atoms with E-state index in [0.717, 1.165) is 0 Å². The Hall–Kier alpha value is -3.59. The molecule has 0 aliphatic carbocycles. The lowest BCUT2D eigenvalue weighted by Crippen LogP contribution is -2.34. The summed E-state index contributed by atoms with van der Waals surface area (Å²) in [6, 6.07) is 17.7. The van der Waals surface area contributed by atoms with Gasteiger partial charge in [-0.15, -0.1) is 0 Å². The van der Waals surface area contributed by atoms with Crippen molar-refractivity contribution in [2.45, 2.75) is 19.9 Å². The summed E-state index contributed by atoms with van der Waals surface area (Å²) in [5, 5.41) is 14.7. The van der Waals surface area contributed by atoms with Gasteiger partial charge in [0.2, 0.25) is 0 Å². The molecule has 6 nitrogen and oxygen atoms in total. The van der Waals surface area contributed by atoms with Gasteiger partial charge in [-0.3, -0.25) is 9.59 Å². The Bertz CT molecular complexity index is 850. The van der Waals surface area contributed by atoms with Crippen LogP contribution in [0.3, 0.4) is 0 Å².